The minimum Gasteiger partial charge on any atom is -0.285 e. The van der Waals surface area contributed by atoms with E-state index < -0.39 is 0 Å². The van der Waals surface area contributed by atoms with Gasteiger partial charge in [0.15, 0.2) is 0 Å². The van der Waals surface area contributed by atoms with E-state index in [4.69, 9.17) is 0 Å². The number of hydrogen-bond donors (Lipinski definition) is 0. The second-order valence-electron chi connectivity index (χ2n) is 3.72. The van der Waals surface area contributed by atoms with Crippen molar-refractivity contribution in [1.82, 2.24) is 4.90 Å². The summed E-state index contributed by atoms with van der Waals surface area (Å²) in [6.07, 6.45) is 2.93. The van der Waals surface area contributed by atoms with E-state index in [2.05, 4.69) is 23.7 Å². The van der Waals surface area contributed by atoms with Crippen molar-refractivity contribution in [2.75, 3.05) is 19.8 Å². The van der Waals surface area contributed by atoms with Gasteiger partial charge in [0.2, 0.25) is 0 Å². The highest BCUT2D eigenvalue weighted by molar-refractivity contribution is 5.79. The van der Waals surface area contributed by atoms with Crippen LogP contribution in [0.2, 0.25) is 0 Å². The van der Waals surface area contributed by atoms with Crippen LogP contribution >= 0.6 is 0 Å². The molecule has 88 valence electrons. The van der Waals surface area contributed by atoms with Gasteiger partial charge in [0.05, 0.1) is 6.67 Å². The summed E-state index contributed by atoms with van der Waals surface area (Å²) in [6, 6.07) is 6.36. The molecule has 0 unspecified atom stereocenters. The van der Waals surface area contributed by atoms with E-state index in [9.17, 15) is 4.39 Å². The maximum atomic E-state index is 12.6. The molecule has 3 heteroatoms. The lowest BCUT2D eigenvalue weighted by Crippen LogP contribution is -2.24. The van der Waals surface area contributed by atoms with Gasteiger partial charge < -0.3 is 0 Å². The summed E-state index contributed by atoms with van der Waals surface area (Å²) in [5.74, 6) is -0.210. The number of rotatable bonds is 6. The van der Waals surface area contributed by atoms with E-state index in [1.54, 1.807) is 18.3 Å². The fraction of sp³-hybridized carbons (Fsp3) is 0.462. The monoisotopic (exact) mass is 222 g/mol. The van der Waals surface area contributed by atoms with Gasteiger partial charge in [-0.15, -0.1) is 0 Å². The van der Waals surface area contributed by atoms with Crippen molar-refractivity contribution < 1.29 is 4.39 Å². The lowest BCUT2D eigenvalue weighted by atomic mass is 10.2. The molecule has 1 aromatic rings. The minimum absolute atomic E-state index is 0.210. The Morgan fingerprint density at radius 2 is 1.94 bits per heavy atom. The first-order valence-corrected chi connectivity index (χ1v) is 5.74. The van der Waals surface area contributed by atoms with E-state index in [1.807, 2.05) is 0 Å². The normalized spacial score (nSPS) is 11.5. The molecule has 0 amide bonds. The second-order valence-corrected chi connectivity index (χ2v) is 3.72. The van der Waals surface area contributed by atoms with Crippen LogP contribution in [0.1, 0.15) is 25.8 Å². The van der Waals surface area contributed by atoms with Crippen LogP contribution in [0.3, 0.4) is 0 Å². The Balaban J connectivity index is 2.44. The summed E-state index contributed by atoms with van der Waals surface area (Å²) >= 11 is 0. The van der Waals surface area contributed by atoms with E-state index in [0.29, 0.717) is 6.67 Å². The number of benzene rings is 1. The van der Waals surface area contributed by atoms with Crippen LogP contribution in [0, 0.1) is 5.82 Å². The van der Waals surface area contributed by atoms with Crippen LogP contribution < -0.4 is 0 Å². The van der Waals surface area contributed by atoms with Gasteiger partial charge in [0, 0.05) is 6.21 Å². The molecule has 0 bridgehead atoms. The molecule has 0 heterocycles. The van der Waals surface area contributed by atoms with Crippen LogP contribution in [0.5, 0.6) is 0 Å². The minimum atomic E-state index is -0.210. The maximum absolute atomic E-state index is 12.6. The first kappa shape index (κ1) is 12.8. The third kappa shape index (κ3) is 4.53. The molecule has 0 spiro atoms. The maximum Gasteiger partial charge on any atom is 0.123 e. The number of halogens is 1. The summed E-state index contributed by atoms with van der Waals surface area (Å²) in [6.45, 7) is 7.07. The first-order valence-electron chi connectivity index (χ1n) is 5.74. The molecular weight excluding hydrogens is 203 g/mol. The van der Waals surface area contributed by atoms with E-state index >= 15 is 0 Å². The van der Waals surface area contributed by atoms with Crippen molar-refractivity contribution in [2.24, 2.45) is 4.99 Å². The van der Waals surface area contributed by atoms with Crippen LogP contribution in [0.25, 0.3) is 0 Å². The number of aliphatic imine (C=N–C) groups is 1. The molecule has 0 aliphatic rings. The van der Waals surface area contributed by atoms with Crippen LogP contribution in [-0.4, -0.2) is 30.9 Å². The van der Waals surface area contributed by atoms with Crippen LogP contribution in [0.4, 0.5) is 4.39 Å². The Morgan fingerprint density at radius 1 is 1.25 bits per heavy atom. The highest BCUT2D eigenvalue weighted by Crippen LogP contribution is 2.00. The van der Waals surface area contributed by atoms with Gasteiger partial charge in [0.25, 0.3) is 0 Å². The third-order valence-electron chi connectivity index (χ3n) is 2.38. The van der Waals surface area contributed by atoms with Crippen molar-refractivity contribution in [3.8, 4) is 0 Å². The summed E-state index contributed by atoms with van der Waals surface area (Å²) < 4.78 is 12.6. The average Bonchev–Trinajstić information content (AvgIpc) is 2.30. The molecule has 0 fully saturated rings. The highest BCUT2D eigenvalue weighted by atomic mass is 19.1. The Morgan fingerprint density at radius 3 is 2.50 bits per heavy atom. The molecule has 0 aliphatic heterocycles. The Bertz CT molecular complexity index is 319. The highest BCUT2D eigenvalue weighted by Gasteiger charge is 1.97. The molecule has 0 radical (unpaired) electrons. The number of hydrogen-bond acceptors (Lipinski definition) is 2. The molecule has 16 heavy (non-hydrogen) atoms. The second kappa shape index (κ2) is 7.12. The summed E-state index contributed by atoms with van der Waals surface area (Å²) in [5, 5.41) is 0. The molecule has 0 atom stereocenters. The average molecular weight is 222 g/mol. The molecule has 0 saturated carbocycles. The first-order chi connectivity index (χ1) is 7.76. The predicted octanol–water partition coefficient (Wildman–Crippen LogP) is 2.93. The third-order valence-corrected chi connectivity index (χ3v) is 2.38. The van der Waals surface area contributed by atoms with Gasteiger partial charge in [-0.2, -0.15) is 0 Å². The fourth-order valence-corrected chi connectivity index (χ4v) is 1.46. The SMILES string of the molecule is CCCN(CC)C/N=C/c1ccc(F)cc1. The summed E-state index contributed by atoms with van der Waals surface area (Å²) in [7, 11) is 0. The molecule has 0 saturated heterocycles. The van der Waals surface area contributed by atoms with E-state index in [0.717, 1.165) is 25.1 Å². The van der Waals surface area contributed by atoms with E-state index in [-0.39, 0.29) is 5.82 Å². The van der Waals surface area contributed by atoms with Crippen molar-refractivity contribution in [2.45, 2.75) is 20.3 Å². The quantitative estimate of drug-likeness (QED) is 0.676. The lowest BCUT2D eigenvalue weighted by Gasteiger charge is -2.16. The molecule has 1 aromatic carbocycles. The molecular formula is C13H19FN2. The molecule has 0 aromatic heterocycles. The zero-order valence-electron chi connectivity index (χ0n) is 9.99. The van der Waals surface area contributed by atoms with Gasteiger partial charge in [-0.1, -0.05) is 26.0 Å². The van der Waals surface area contributed by atoms with Crippen molar-refractivity contribution in [3.05, 3.63) is 35.6 Å². The summed E-state index contributed by atoms with van der Waals surface area (Å²) in [4.78, 5) is 6.60. The predicted molar refractivity (Wildman–Crippen MR) is 66.4 cm³/mol. The molecule has 0 N–H and O–H groups in total. The Hall–Kier alpha value is -1.22. The largest absolute Gasteiger partial charge is 0.285 e. The Kier molecular flexibility index (Phi) is 5.72. The van der Waals surface area contributed by atoms with Gasteiger partial charge in [-0.3, -0.25) is 9.89 Å². The lowest BCUT2D eigenvalue weighted by molar-refractivity contribution is 0.299. The molecule has 2 nitrogen and oxygen atoms in total. The van der Waals surface area contributed by atoms with Gasteiger partial charge >= 0.3 is 0 Å². The smallest absolute Gasteiger partial charge is 0.123 e. The standard InChI is InChI=1S/C13H19FN2/c1-3-9-16(4-2)11-15-10-12-5-7-13(14)8-6-12/h5-8,10H,3-4,9,11H2,1-2H3/b15-10+. The zero-order valence-corrected chi connectivity index (χ0v) is 9.99. The van der Waals surface area contributed by atoms with Crippen molar-refractivity contribution in [1.29, 1.82) is 0 Å². The van der Waals surface area contributed by atoms with Crippen molar-refractivity contribution in [3.63, 3.8) is 0 Å². The van der Waals surface area contributed by atoms with Crippen molar-refractivity contribution >= 4 is 6.21 Å². The molecule has 0 aliphatic carbocycles. The number of nitrogens with zero attached hydrogens (tertiary/aromatic N) is 2. The molecule has 1 rings (SSSR count). The van der Waals surface area contributed by atoms with Gasteiger partial charge in [-0.25, -0.2) is 4.39 Å². The summed E-state index contributed by atoms with van der Waals surface area (Å²) in [5.41, 5.74) is 0.939. The van der Waals surface area contributed by atoms with Crippen LogP contribution in [0.15, 0.2) is 29.3 Å². The van der Waals surface area contributed by atoms with E-state index in [1.165, 1.54) is 12.1 Å². The van der Waals surface area contributed by atoms with Gasteiger partial charge in [0.1, 0.15) is 5.82 Å². The zero-order chi connectivity index (χ0) is 11.8. The fourth-order valence-electron chi connectivity index (χ4n) is 1.46. The topological polar surface area (TPSA) is 15.6 Å². The van der Waals surface area contributed by atoms with Crippen LogP contribution in [-0.2, 0) is 0 Å². The van der Waals surface area contributed by atoms with Gasteiger partial charge in [-0.05, 0) is 37.2 Å². The Labute approximate surface area is 96.8 Å².